The van der Waals surface area contributed by atoms with Crippen molar-refractivity contribution in [3.8, 4) is 11.5 Å². The minimum absolute atomic E-state index is 0.264. The van der Waals surface area contributed by atoms with Gasteiger partial charge in [-0.15, -0.1) is 0 Å². The molecule has 8 nitrogen and oxygen atoms in total. The van der Waals surface area contributed by atoms with E-state index in [9.17, 15) is 9.59 Å². The zero-order valence-corrected chi connectivity index (χ0v) is 11.7. The third kappa shape index (κ3) is 2.24. The Morgan fingerprint density at radius 3 is 2.67 bits per heavy atom. The fraction of sp³-hybridized carbons (Fsp3) is 0.308. The number of rotatable bonds is 3. The minimum atomic E-state index is -0.485. The van der Waals surface area contributed by atoms with Gasteiger partial charge in [-0.2, -0.15) is 0 Å². The lowest BCUT2D eigenvalue weighted by Crippen LogP contribution is -2.30. The highest BCUT2D eigenvalue weighted by molar-refractivity contribution is 5.74. The second-order valence-electron chi connectivity index (χ2n) is 4.74. The summed E-state index contributed by atoms with van der Waals surface area (Å²) in [6.45, 7) is 4.26. The Hall–Kier alpha value is -2.77. The van der Waals surface area contributed by atoms with Crippen molar-refractivity contribution in [1.82, 2.24) is 29.5 Å². The van der Waals surface area contributed by atoms with E-state index >= 15 is 0 Å². The van der Waals surface area contributed by atoms with Crippen LogP contribution in [0.2, 0.25) is 0 Å². The molecule has 0 radical (unpaired) electrons. The molecule has 0 aliphatic heterocycles. The van der Waals surface area contributed by atoms with Gasteiger partial charge in [0, 0.05) is 12.7 Å². The van der Waals surface area contributed by atoms with Gasteiger partial charge in [0.2, 0.25) is 0 Å². The number of nitrogens with one attached hydrogen (secondary N) is 2. The molecule has 0 amide bonds. The quantitative estimate of drug-likeness (QED) is 0.732. The summed E-state index contributed by atoms with van der Waals surface area (Å²) in [5.74, 6) is 0.415. The number of aromatic nitrogens is 6. The van der Waals surface area contributed by atoms with Gasteiger partial charge in [-0.25, -0.2) is 14.8 Å². The summed E-state index contributed by atoms with van der Waals surface area (Å²) in [6, 6.07) is 0. The molecule has 0 aliphatic rings. The molecule has 0 fully saturated rings. The molecule has 8 heteroatoms. The summed E-state index contributed by atoms with van der Waals surface area (Å²) in [5.41, 5.74) is 0.967. The summed E-state index contributed by atoms with van der Waals surface area (Å²) in [5, 5.41) is 0. The van der Waals surface area contributed by atoms with Crippen molar-refractivity contribution in [1.29, 1.82) is 0 Å². The molecular weight excluding hydrogens is 272 g/mol. The normalized spacial score (nSPS) is 11.1. The predicted octanol–water partition coefficient (Wildman–Crippen LogP) is 0.588. The molecule has 0 aliphatic carbocycles. The molecule has 3 aromatic heterocycles. The molecule has 0 bridgehead atoms. The molecule has 21 heavy (non-hydrogen) atoms. The highest BCUT2D eigenvalue weighted by Crippen LogP contribution is 2.15. The number of hydrogen-bond acceptors (Lipinski definition) is 5. The lowest BCUT2D eigenvalue weighted by Gasteiger charge is -2.02. The SMILES string of the molecule is CCCn1c(=O)[nH]c(=O)c2[nH]c(-c3cnc(C)cn3)nc21. The van der Waals surface area contributed by atoms with Gasteiger partial charge in [0.15, 0.2) is 11.5 Å². The van der Waals surface area contributed by atoms with Crippen molar-refractivity contribution in [2.45, 2.75) is 26.8 Å². The average Bonchev–Trinajstić information content (AvgIpc) is 2.90. The fourth-order valence-electron chi connectivity index (χ4n) is 2.11. The highest BCUT2D eigenvalue weighted by atomic mass is 16.2. The van der Waals surface area contributed by atoms with Crippen LogP contribution in [-0.2, 0) is 6.54 Å². The summed E-state index contributed by atoms with van der Waals surface area (Å²) < 4.78 is 1.44. The van der Waals surface area contributed by atoms with Gasteiger partial charge < -0.3 is 4.98 Å². The van der Waals surface area contributed by atoms with E-state index in [1.807, 2.05) is 13.8 Å². The molecule has 0 unspecified atom stereocenters. The smallest absolute Gasteiger partial charge is 0.330 e. The maximum absolute atomic E-state index is 11.9. The number of H-pyrrole nitrogens is 2. The molecule has 108 valence electrons. The van der Waals surface area contributed by atoms with Crippen LogP contribution >= 0.6 is 0 Å². The van der Waals surface area contributed by atoms with Gasteiger partial charge in [0.25, 0.3) is 5.56 Å². The van der Waals surface area contributed by atoms with Crippen LogP contribution in [0.5, 0.6) is 0 Å². The third-order valence-corrected chi connectivity index (χ3v) is 3.10. The van der Waals surface area contributed by atoms with Crippen LogP contribution in [0.1, 0.15) is 19.0 Å². The van der Waals surface area contributed by atoms with Gasteiger partial charge in [-0.3, -0.25) is 19.3 Å². The summed E-state index contributed by atoms with van der Waals surface area (Å²) in [6.07, 6.45) is 3.95. The van der Waals surface area contributed by atoms with Gasteiger partial charge in [-0.05, 0) is 13.3 Å². The fourth-order valence-corrected chi connectivity index (χ4v) is 2.11. The van der Waals surface area contributed by atoms with Crippen LogP contribution in [-0.4, -0.2) is 29.5 Å². The molecule has 0 atom stereocenters. The van der Waals surface area contributed by atoms with E-state index in [2.05, 4.69) is 24.9 Å². The average molecular weight is 286 g/mol. The standard InChI is InChI=1S/C13H14N6O2/c1-3-4-19-11-9(12(20)18-13(19)21)16-10(17-11)8-6-14-7(2)5-15-8/h5-6H,3-4H2,1-2H3,(H,16,17)(H,18,20,21). The molecule has 0 aromatic carbocycles. The van der Waals surface area contributed by atoms with E-state index in [-0.39, 0.29) is 5.52 Å². The number of imidazole rings is 1. The largest absolute Gasteiger partial charge is 0.331 e. The van der Waals surface area contributed by atoms with Crippen LogP contribution in [0.15, 0.2) is 22.0 Å². The van der Waals surface area contributed by atoms with Gasteiger partial charge >= 0.3 is 5.69 Å². The predicted molar refractivity (Wildman–Crippen MR) is 77.0 cm³/mol. The Morgan fingerprint density at radius 1 is 1.19 bits per heavy atom. The Kier molecular flexibility index (Phi) is 3.13. The minimum Gasteiger partial charge on any atom is -0.331 e. The van der Waals surface area contributed by atoms with Crippen molar-refractivity contribution in [3.63, 3.8) is 0 Å². The van der Waals surface area contributed by atoms with E-state index in [0.717, 1.165) is 12.1 Å². The van der Waals surface area contributed by atoms with Gasteiger partial charge in [0.05, 0.1) is 11.9 Å². The summed E-state index contributed by atoms with van der Waals surface area (Å²) >= 11 is 0. The Labute approximate surface area is 118 Å². The van der Waals surface area contributed by atoms with Crippen LogP contribution in [0.4, 0.5) is 0 Å². The topological polar surface area (TPSA) is 109 Å². The lowest BCUT2D eigenvalue weighted by molar-refractivity contribution is 0.653. The number of aryl methyl sites for hydroxylation is 2. The first kappa shape index (κ1) is 13.2. The maximum atomic E-state index is 11.9. The molecule has 3 rings (SSSR count). The van der Waals surface area contributed by atoms with Crippen molar-refractivity contribution in [3.05, 3.63) is 38.9 Å². The zero-order valence-electron chi connectivity index (χ0n) is 11.7. The Bertz CT molecular complexity index is 903. The molecule has 0 saturated heterocycles. The van der Waals surface area contributed by atoms with E-state index < -0.39 is 11.2 Å². The lowest BCUT2D eigenvalue weighted by atomic mass is 10.4. The van der Waals surface area contributed by atoms with Crippen LogP contribution in [0.3, 0.4) is 0 Å². The summed E-state index contributed by atoms with van der Waals surface area (Å²) in [7, 11) is 0. The van der Waals surface area contributed by atoms with Crippen molar-refractivity contribution in [2.24, 2.45) is 0 Å². The van der Waals surface area contributed by atoms with E-state index in [0.29, 0.717) is 23.7 Å². The van der Waals surface area contributed by atoms with E-state index in [1.54, 1.807) is 12.4 Å². The van der Waals surface area contributed by atoms with Crippen LogP contribution in [0, 0.1) is 6.92 Å². The van der Waals surface area contributed by atoms with Crippen LogP contribution in [0.25, 0.3) is 22.7 Å². The first-order valence-corrected chi connectivity index (χ1v) is 6.62. The molecular formula is C13H14N6O2. The first-order chi connectivity index (χ1) is 10.1. The van der Waals surface area contributed by atoms with Crippen LogP contribution < -0.4 is 11.2 Å². The zero-order chi connectivity index (χ0) is 15.0. The molecule has 0 saturated carbocycles. The number of fused-ring (bicyclic) bond motifs is 1. The monoisotopic (exact) mass is 286 g/mol. The van der Waals surface area contributed by atoms with Crippen molar-refractivity contribution < 1.29 is 0 Å². The number of nitrogens with zero attached hydrogens (tertiary/aromatic N) is 4. The second kappa shape index (κ2) is 4.97. The molecule has 0 spiro atoms. The number of aromatic amines is 2. The number of hydrogen-bond donors (Lipinski definition) is 2. The Morgan fingerprint density at radius 2 is 2.00 bits per heavy atom. The van der Waals surface area contributed by atoms with E-state index in [4.69, 9.17) is 0 Å². The van der Waals surface area contributed by atoms with Gasteiger partial charge in [0.1, 0.15) is 11.2 Å². The van der Waals surface area contributed by atoms with Crippen molar-refractivity contribution >= 4 is 11.2 Å². The molecule has 3 aromatic rings. The maximum Gasteiger partial charge on any atom is 0.330 e. The first-order valence-electron chi connectivity index (χ1n) is 6.62. The Balaban J connectivity index is 2.26. The summed E-state index contributed by atoms with van der Waals surface area (Å²) in [4.78, 5) is 41.6. The van der Waals surface area contributed by atoms with Gasteiger partial charge in [-0.1, -0.05) is 6.92 Å². The van der Waals surface area contributed by atoms with Crippen molar-refractivity contribution in [2.75, 3.05) is 0 Å². The second-order valence-corrected chi connectivity index (χ2v) is 4.74. The molecule has 3 heterocycles. The third-order valence-electron chi connectivity index (χ3n) is 3.10. The highest BCUT2D eigenvalue weighted by Gasteiger charge is 2.14. The van der Waals surface area contributed by atoms with E-state index in [1.165, 1.54) is 4.57 Å². The molecule has 2 N–H and O–H groups in total.